The van der Waals surface area contributed by atoms with Gasteiger partial charge in [-0.2, -0.15) is 0 Å². The molecule has 0 amide bonds. The van der Waals surface area contributed by atoms with Gasteiger partial charge < -0.3 is 33.9 Å². The summed E-state index contributed by atoms with van der Waals surface area (Å²) in [6.45, 7) is -0.536. The fourth-order valence-electron chi connectivity index (χ4n) is 1.94. The summed E-state index contributed by atoms with van der Waals surface area (Å²) >= 11 is 0. The van der Waals surface area contributed by atoms with Crippen molar-refractivity contribution in [2.24, 2.45) is 0 Å². The molecule has 20 heavy (non-hydrogen) atoms. The van der Waals surface area contributed by atoms with Crippen molar-refractivity contribution in [1.82, 2.24) is 0 Å². The molecule has 1 aliphatic heterocycles. The molecule has 0 unspecified atom stereocenters. The first-order valence-electron chi connectivity index (χ1n) is 5.98. The molecule has 1 heterocycles. The molecular weight excluding hydrogens is 268 g/mol. The molecular formula is C13H18O7. The first-order valence-corrected chi connectivity index (χ1v) is 5.98. The van der Waals surface area contributed by atoms with Crippen LogP contribution >= 0.6 is 0 Å². The van der Waals surface area contributed by atoms with Crippen molar-refractivity contribution in [3.63, 3.8) is 0 Å². The summed E-state index contributed by atoms with van der Waals surface area (Å²) in [5.74, 6) is -0.482. The van der Waals surface area contributed by atoms with Gasteiger partial charge in [0.15, 0.2) is 6.29 Å². The Morgan fingerprint density at radius 2 is 1.50 bits per heavy atom. The molecule has 2 N–H and O–H groups in total. The second kappa shape index (κ2) is 5.84. The van der Waals surface area contributed by atoms with E-state index in [0.29, 0.717) is 22.8 Å². The van der Waals surface area contributed by atoms with Gasteiger partial charge in [0, 0.05) is 12.1 Å². The van der Waals surface area contributed by atoms with Crippen molar-refractivity contribution >= 4 is 0 Å². The van der Waals surface area contributed by atoms with Gasteiger partial charge in [0.1, 0.15) is 30.5 Å². The Morgan fingerprint density at radius 1 is 1.00 bits per heavy atom. The highest BCUT2D eigenvalue weighted by atomic mass is 16.7. The highest BCUT2D eigenvalue weighted by Crippen LogP contribution is 2.41. The second-order valence-electron chi connectivity index (χ2n) is 4.38. The first-order chi connectivity index (χ1) is 9.50. The van der Waals surface area contributed by atoms with Crippen LogP contribution in [0.15, 0.2) is 12.1 Å². The molecule has 0 saturated carbocycles. The van der Waals surface area contributed by atoms with E-state index in [-0.39, 0.29) is 13.2 Å². The number of rotatable bonds is 4. The van der Waals surface area contributed by atoms with Gasteiger partial charge in [0.2, 0.25) is 5.79 Å². The van der Waals surface area contributed by atoms with Gasteiger partial charge >= 0.3 is 0 Å². The van der Waals surface area contributed by atoms with Crippen molar-refractivity contribution in [2.45, 2.75) is 12.1 Å². The van der Waals surface area contributed by atoms with E-state index >= 15 is 0 Å². The molecule has 0 radical (unpaired) electrons. The molecule has 7 heteroatoms. The maximum Gasteiger partial charge on any atom is 0.211 e. The van der Waals surface area contributed by atoms with Crippen LogP contribution in [0.2, 0.25) is 0 Å². The topological polar surface area (TPSA) is 86.6 Å². The molecule has 0 spiro atoms. The van der Waals surface area contributed by atoms with Crippen LogP contribution in [0, 0.1) is 0 Å². The Kier molecular flexibility index (Phi) is 4.34. The molecule has 1 aromatic rings. The molecule has 112 valence electrons. The van der Waals surface area contributed by atoms with Gasteiger partial charge in [0.05, 0.1) is 26.9 Å². The fraction of sp³-hybridized carbons (Fsp3) is 0.538. The quantitative estimate of drug-likeness (QED) is 0.776. The van der Waals surface area contributed by atoms with Gasteiger partial charge in [-0.1, -0.05) is 0 Å². The highest BCUT2D eigenvalue weighted by molar-refractivity contribution is 5.51. The van der Waals surface area contributed by atoms with Gasteiger partial charge in [-0.15, -0.1) is 0 Å². The van der Waals surface area contributed by atoms with E-state index in [2.05, 4.69) is 0 Å². The number of benzene rings is 1. The van der Waals surface area contributed by atoms with Gasteiger partial charge in [-0.05, 0) is 0 Å². The summed E-state index contributed by atoms with van der Waals surface area (Å²) in [5.41, 5.74) is 0.534. The average Bonchev–Trinajstić information content (AvgIpc) is 2.46. The van der Waals surface area contributed by atoms with E-state index in [4.69, 9.17) is 23.7 Å². The summed E-state index contributed by atoms with van der Waals surface area (Å²) in [4.78, 5) is 0. The molecule has 1 saturated heterocycles. The average molecular weight is 286 g/mol. The summed E-state index contributed by atoms with van der Waals surface area (Å²) in [7, 11) is 4.54. The normalized spacial score (nSPS) is 18.6. The Balaban J connectivity index is 2.35. The van der Waals surface area contributed by atoms with E-state index < -0.39 is 12.1 Å². The number of methoxy groups -OCH3 is 3. The lowest BCUT2D eigenvalue weighted by Gasteiger charge is -2.33. The first kappa shape index (κ1) is 14.9. The second-order valence-corrected chi connectivity index (χ2v) is 4.38. The van der Waals surface area contributed by atoms with Crippen LogP contribution in [-0.4, -0.2) is 50.5 Å². The molecule has 0 atom stereocenters. The van der Waals surface area contributed by atoms with Crippen LogP contribution in [0.5, 0.6) is 17.2 Å². The van der Waals surface area contributed by atoms with Crippen LogP contribution in [0.1, 0.15) is 11.9 Å². The predicted octanol–water partition coefficient (Wildman–Crippen LogP) is 0.439. The lowest BCUT2D eigenvalue weighted by molar-refractivity contribution is -0.323. The van der Waals surface area contributed by atoms with Crippen molar-refractivity contribution < 1.29 is 33.9 Å². The molecule has 2 rings (SSSR count). The molecule has 0 bridgehead atoms. The van der Waals surface area contributed by atoms with Gasteiger partial charge in [-0.25, -0.2) is 0 Å². The van der Waals surface area contributed by atoms with Crippen molar-refractivity contribution in [2.75, 3.05) is 34.5 Å². The Hall–Kier alpha value is -1.54. The molecule has 1 fully saturated rings. The van der Waals surface area contributed by atoms with E-state index in [9.17, 15) is 10.2 Å². The molecule has 7 nitrogen and oxygen atoms in total. The summed E-state index contributed by atoms with van der Waals surface area (Å²) in [5, 5.41) is 18.8. The SMILES string of the molecule is COc1cc(OC)c(C2OCC(O)(O)CO2)c(OC)c1. The zero-order valence-electron chi connectivity index (χ0n) is 11.6. The zero-order chi connectivity index (χ0) is 14.8. The highest BCUT2D eigenvalue weighted by Gasteiger charge is 2.36. The van der Waals surface area contributed by atoms with Crippen LogP contribution in [0.3, 0.4) is 0 Å². The number of hydrogen-bond acceptors (Lipinski definition) is 7. The lowest BCUT2D eigenvalue weighted by Crippen LogP contribution is -2.44. The third kappa shape index (κ3) is 2.96. The zero-order valence-corrected chi connectivity index (χ0v) is 11.6. The number of hydrogen-bond donors (Lipinski definition) is 2. The standard InChI is InChI=1S/C13H18O7/c1-16-8-4-9(17-2)11(10(5-8)18-3)12-19-6-13(14,15)7-20-12/h4-5,12,14-15H,6-7H2,1-3H3. The minimum Gasteiger partial charge on any atom is -0.496 e. The largest absolute Gasteiger partial charge is 0.496 e. The minimum absolute atomic E-state index is 0.268. The number of aliphatic hydroxyl groups is 2. The fourth-order valence-corrected chi connectivity index (χ4v) is 1.94. The third-order valence-electron chi connectivity index (χ3n) is 2.92. The number of ether oxygens (including phenoxy) is 5. The van der Waals surface area contributed by atoms with Crippen molar-refractivity contribution in [1.29, 1.82) is 0 Å². The summed E-state index contributed by atoms with van der Waals surface area (Å²) in [6, 6.07) is 3.34. The smallest absolute Gasteiger partial charge is 0.211 e. The van der Waals surface area contributed by atoms with Gasteiger partial charge in [-0.3, -0.25) is 0 Å². The maximum absolute atomic E-state index is 9.40. The molecule has 1 aromatic carbocycles. The maximum atomic E-state index is 9.40. The minimum atomic E-state index is -1.98. The summed E-state index contributed by atoms with van der Waals surface area (Å²) < 4.78 is 26.4. The Bertz CT molecular complexity index is 437. The molecule has 1 aliphatic rings. The van der Waals surface area contributed by atoms with Crippen LogP contribution in [0.25, 0.3) is 0 Å². The van der Waals surface area contributed by atoms with Crippen LogP contribution in [-0.2, 0) is 9.47 Å². The van der Waals surface area contributed by atoms with Crippen molar-refractivity contribution in [3.05, 3.63) is 17.7 Å². The Labute approximate surface area is 116 Å². The van der Waals surface area contributed by atoms with Gasteiger partial charge in [0.25, 0.3) is 0 Å². The van der Waals surface area contributed by atoms with E-state index in [1.807, 2.05) is 0 Å². The Morgan fingerprint density at radius 3 is 1.90 bits per heavy atom. The summed E-state index contributed by atoms with van der Waals surface area (Å²) in [6.07, 6.45) is -0.807. The van der Waals surface area contributed by atoms with Crippen LogP contribution in [0.4, 0.5) is 0 Å². The lowest BCUT2D eigenvalue weighted by atomic mass is 10.1. The molecule has 0 aliphatic carbocycles. The third-order valence-corrected chi connectivity index (χ3v) is 2.92. The van der Waals surface area contributed by atoms with E-state index in [1.165, 1.54) is 21.3 Å². The van der Waals surface area contributed by atoms with E-state index in [1.54, 1.807) is 12.1 Å². The van der Waals surface area contributed by atoms with Crippen molar-refractivity contribution in [3.8, 4) is 17.2 Å². The predicted molar refractivity (Wildman–Crippen MR) is 67.9 cm³/mol. The molecule has 0 aromatic heterocycles. The van der Waals surface area contributed by atoms with E-state index in [0.717, 1.165) is 0 Å². The van der Waals surface area contributed by atoms with Crippen LogP contribution < -0.4 is 14.2 Å². The monoisotopic (exact) mass is 286 g/mol.